The first-order chi connectivity index (χ1) is 15.9. The predicted octanol–water partition coefficient (Wildman–Crippen LogP) is 1.65. The fourth-order valence-corrected chi connectivity index (χ4v) is 3.64. The van der Waals surface area contributed by atoms with Crippen molar-refractivity contribution in [2.24, 2.45) is 0 Å². The number of aromatic nitrogens is 3. The Bertz CT molecular complexity index is 952. The molecule has 0 aliphatic carbocycles. The summed E-state index contributed by atoms with van der Waals surface area (Å²) >= 11 is 6.06. The van der Waals surface area contributed by atoms with Crippen molar-refractivity contribution in [1.82, 2.24) is 30.3 Å². The highest BCUT2D eigenvalue weighted by molar-refractivity contribution is 6.31. The number of hydrogen-bond donors (Lipinski definition) is 2. The van der Waals surface area contributed by atoms with Crippen LogP contribution in [-0.2, 0) is 16.1 Å². The molecular weight excluding hydrogens is 448 g/mol. The minimum Gasteiger partial charge on any atom is -0.491 e. The van der Waals surface area contributed by atoms with Crippen LogP contribution in [0.2, 0.25) is 5.02 Å². The monoisotopic (exact) mass is 476 g/mol. The summed E-state index contributed by atoms with van der Waals surface area (Å²) < 4.78 is 7.45. The molecule has 1 aliphatic heterocycles. The van der Waals surface area contributed by atoms with Crippen LogP contribution in [0.25, 0.3) is 0 Å². The Morgan fingerprint density at radius 3 is 2.94 bits per heavy atom. The molecule has 3 amide bonds. The fourth-order valence-electron chi connectivity index (χ4n) is 3.47. The molecule has 33 heavy (non-hydrogen) atoms. The average molecular weight is 477 g/mol. The highest BCUT2D eigenvalue weighted by Crippen LogP contribution is 2.23. The molecule has 1 aromatic carbocycles. The van der Waals surface area contributed by atoms with Crippen molar-refractivity contribution in [2.75, 3.05) is 26.2 Å². The second-order valence-electron chi connectivity index (χ2n) is 7.96. The summed E-state index contributed by atoms with van der Waals surface area (Å²) in [5.41, 5.74) is 0.347. The SMILES string of the molecule is C[C@@H]1COc2ccc(Cl)cc2C(=O)NCCCCN(C(=O)CCCn2cncn2)CC(=O)N1. The molecule has 0 radical (unpaired) electrons. The van der Waals surface area contributed by atoms with Crippen molar-refractivity contribution in [3.8, 4) is 5.75 Å². The first-order valence-corrected chi connectivity index (χ1v) is 11.4. The average Bonchev–Trinajstić information content (AvgIpc) is 3.29. The van der Waals surface area contributed by atoms with E-state index < -0.39 is 0 Å². The number of carbonyl (C=O) groups is 3. The third-order valence-electron chi connectivity index (χ3n) is 5.15. The normalized spacial score (nSPS) is 18.2. The largest absolute Gasteiger partial charge is 0.491 e. The highest BCUT2D eigenvalue weighted by Gasteiger charge is 2.20. The van der Waals surface area contributed by atoms with Gasteiger partial charge >= 0.3 is 0 Å². The molecule has 1 atom stereocenters. The fraction of sp³-hybridized carbons (Fsp3) is 0.500. The molecule has 2 aromatic rings. The molecule has 10 nitrogen and oxygen atoms in total. The quantitative estimate of drug-likeness (QED) is 0.692. The number of hydrogen-bond acceptors (Lipinski definition) is 6. The zero-order chi connectivity index (χ0) is 23.6. The first kappa shape index (κ1) is 24.5. The van der Waals surface area contributed by atoms with Crippen LogP contribution in [0.15, 0.2) is 30.9 Å². The standard InChI is InChI=1S/C22H29ClN6O4/c1-16-13-33-19-7-6-17(23)11-18(19)22(32)25-8-2-3-9-28(12-20(30)27-16)21(31)5-4-10-29-15-24-14-26-29/h6-7,11,14-16H,2-5,8-10,12-13H2,1H3,(H,25,32)(H,27,30)/t16-/m1/s1. The van der Waals surface area contributed by atoms with Gasteiger partial charge in [0, 0.05) is 31.1 Å². The number of nitrogens with one attached hydrogen (secondary N) is 2. The summed E-state index contributed by atoms with van der Waals surface area (Å²) in [6, 6.07) is 4.53. The summed E-state index contributed by atoms with van der Waals surface area (Å²) in [5.74, 6) is -0.224. The molecule has 2 N–H and O–H groups in total. The minimum absolute atomic E-state index is 0.0228. The molecule has 0 fully saturated rings. The van der Waals surface area contributed by atoms with Gasteiger partial charge in [0.2, 0.25) is 11.8 Å². The summed E-state index contributed by atoms with van der Waals surface area (Å²) in [4.78, 5) is 43.4. The topological polar surface area (TPSA) is 118 Å². The van der Waals surface area contributed by atoms with Gasteiger partial charge in [-0.2, -0.15) is 5.10 Å². The smallest absolute Gasteiger partial charge is 0.255 e. The molecule has 0 saturated heterocycles. The van der Waals surface area contributed by atoms with Gasteiger partial charge in [-0.3, -0.25) is 19.1 Å². The molecule has 0 unspecified atom stereocenters. The van der Waals surface area contributed by atoms with Gasteiger partial charge in [0.25, 0.3) is 5.91 Å². The van der Waals surface area contributed by atoms with Crippen LogP contribution in [0.1, 0.15) is 43.0 Å². The summed E-state index contributed by atoms with van der Waals surface area (Å²) in [6.45, 7) is 3.39. The van der Waals surface area contributed by atoms with E-state index in [-0.39, 0.29) is 36.9 Å². The lowest BCUT2D eigenvalue weighted by Crippen LogP contribution is -2.45. The second kappa shape index (κ2) is 12.2. The summed E-state index contributed by atoms with van der Waals surface area (Å²) in [7, 11) is 0. The van der Waals surface area contributed by atoms with E-state index in [0.717, 1.165) is 0 Å². The number of carbonyl (C=O) groups excluding carboxylic acids is 3. The lowest BCUT2D eigenvalue weighted by molar-refractivity contribution is -0.136. The van der Waals surface area contributed by atoms with Crippen LogP contribution in [0.3, 0.4) is 0 Å². The van der Waals surface area contributed by atoms with Crippen molar-refractivity contribution in [3.05, 3.63) is 41.4 Å². The third-order valence-corrected chi connectivity index (χ3v) is 5.39. The first-order valence-electron chi connectivity index (χ1n) is 11.0. The number of aryl methyl sites for hydroxylation is 1. The molecule has 1 aromatic heterocycles. The van der Waals surface area contributed by atoms with Gasteiger partial charge in [-0.25, -0.2) is 4.98 Å². The third kappa shape index (κ3) is 7.74. The van der Waals surface area contributed by atoms with Gasteiger partial charge in [0.15, 0.2) is 0 Å². The maximum absolute atomic E-state index is 12.8. The van der Waals surface area contributed by atoms with E-state index in [1.807, 2.05) is 0 Å². The second-order valence-corrected chi connectivity index (χ2v) is 8.40. The van der Waals surface area contributed by atoms with E-state index in [0.29, 0.717) is 61.7 Å². The molecule has 3 rings (SSSR count). The molecule has 0 bridgehead atoms. The van der Waals surface area contributed by atoms with Crippen LogP contribution in [0.5, 0.6) is 5.75 Å². The van der Waals surface area contributed by atoms with Gasteiger partial charge in [-0.15, -0.1) is 0 Å². The number of benzene rings is 1. The Hall–Kier alpha value is -3.14. The van der Waals surface area contributed by atoms with Crippen LogP contribution in [0, 0.1) is 0 Å². The zero-order valence-corrected chi connectivity index (χ0v) is 19.4. The summed E-state index contributed by atoms with van der Waals surface area (Å²) in [5, 5.41) is 10.2. The van der Waals surface area contributed by atoms with Gasteiger partial charge < -0.3 is 20.3 Å². The molecule has 0 spiro atoms. The van der Waals surface area contributed by atoms with Crippen LogP contribution >= 0.6 is 11.6 Å². The maximum atomic E-state index is 12.8. The van der Waals surface area contributed by atoms with Crippen LogP contribution in [-0.4, -0.2) is 69.7 Å². The highest BCUT2D eigenvalue weighted by atomic mass is 35.5. The minimum atomic E-state index is -0.321. The van der Waals surface area contributed by atoms with E-state index in [9.17, 15) is 14.4 Å². The molecule has 11 heteroatoms. The van der Waals surface area contributed by atoms with Crippen molar-refractivity contribution in [2.45, 2.75) is 45.2 Å². The van der Waals surface area contributed by atoms with Gasteiger partial charge in [-0.1, -0.05) is 11.6 Å². The lowest BCUT2D eigenvalue weighted by atomic mass is 10.1. The predicted molar refractivity (Wildman–Crippen MR) is 122 cm³/mol. The molecule has 178 valence electrons. The Labute approximate surface area is 197 Å². The Morgan fingerprint density at radius 2 is 2.15 bits per heavy atom. The van der Waals surface area contributed by atoms with Crippen LogP contribution in [0.4, 0.5) is 0 Å². The van der Waals surface area contributed by atoms with E-state index >= 15 is 0 Å². The number of fused-ring (bicyclic) bond motifs is 1. The number of rotatable bonds is 4. The van der Waals surface area contributed by atoms with Crippen molar-refractivity contribution < 1.29 is 19.1 Å². The maximum Gasteiger partial charge on any atom is 0.255 e. The van der Waals surface area contributed by atoms with E-state index in [4.69, 9.17) is 16.3 Å². The number of halogens is 1. The van der Waals surface area contributed by atoms with E-state index in [1.54, 1.807) is 41.0 Å². The molecule has 1 aliphatic rings. The Kier molecular flexibility index (Phi) is 9.05. The summed E-state index contributed by atoms with van der Waals surface area (Å²) in [6.07, 6.45) is 5.26. The van der Waals surface area contributed by atoms with E-state index in [2.05, 4.69) is 20.7 Å². The molecular formula is C22H29ClN6O4. The van der Waals surface area contributed by atoms with E-state index in [1.165, 1.54) is 6.33 Å². The number of nitrogens with zero attached hydrogens (tertiary/aromatic N) is 4. The van der Waals surface area contributed by atoms with Gasteiger partial charge in [-0.05, 0) is 44.4 Å². The molecule has 0 saturated carbocycles. The van der Waals surface area contributed by atoms with Crippen molar-refractivity contribution in [3.63, 3.8) is 0 Å². The van der Waals surface area contributed by atoms with Gasteiger partial charge in [0.1, 0.15) is 25.0 Å². The Morgan fingerprint density at radius 1 is 1.30 bits per heavy atom. The van der Waals surface area contributed by atoms with Gasteiger partial charge in [0.05, 0.1) is 18.2 Å². The van der Waals surface area contributed by atoms with Crippen LogP contribution < -0.4 is 15.4 Å². The zero-order valence-electron chi connectivity index (χ0n) is 18.6. The lowest BCUT2D eigenvalue weighted by Gasteiger charge is -2.23. The number of amides is 3. The van der Waals surface area contributed by atoms with Crippen molar-refractivity contribution >= 4 is 29.3 Å². The number of ether oxygens (including phenoxy) is 1. The molecule has 2 heterocycles. The van der Waals surface area contributed by atoms with Crippen molar-refractivity contribution in [1.29, 1.82) is 0 Å². The Balaban J connectivity index is 1.62.